The molecule has 0 atom stereocenters. The van der Waals surface area contributed by atoms with Gasteiger partial charge in [-0.25, -0.2) is 0 Å². The van der Waals surface area contributed by atoms with Gasteiger partial charge in [-0.05, 0) is 18.9 Å². The van der Waals surface area contributed by atoms with Gasteiger partial charge in [0.1, 0.15) is 0 Å². The fourth-order valence-corrected chi connectivity index (χ4v) is 2.43. The van der Waals surface area contributed by atoms with Gasteiger partial charge in [0.05, 0.1) is 27.9 Å². The van der Waals surface area contributed by atoms with E-state index in [4.69, 9.17) is 19.3 Å². The van der Waals surface area contributed by atoms with Crippen molar-refractivity contribution < 1.29 is 24.1 Å². The highest BCUT2D eigenvalue weighted by Gasteiger charge is 2.31. The van der Waals surface area contributed by atoms with Crippen LogP contribution in [0.3, 0.4) is 0 Å². The molecule has 0 heterocycles. The molecular weight excluding hydrogens is 274 g/mol. The van der Waals surface area contributed by atoms with Gasteiger partial charge in [-0.15, -0.1) is 0 Å². The van der Waals surface area contributed by atoms with Gasteiger partial charge >= 0.3 is 5.97 Å². The normalized spacial score (nSPS) is 14.1. The minimum absolute atomic E-state index is 0.0299. The van der Waals surface area contributed by atoms with Gasteiger partial charge in [-0.3, -0.25) is 9.69 Å². The molecule has 116 valence electrons. The summed E-state index contributed by atoms with van der Waals surface area (Å²) >= 11 is 0. The second kappa shape index (κ2) is 6.67. The lowest BCUT2D eigenvalue weighted by Gasteiger charge is -2.22. The van der Waals surface area contributed by atoms with Crippen molar-refractivity contribution in [3.8, 4) is 17.2 Å². The van der Waals surface area contributed by atoms with E-state index >= 15 is 0 Å². The van der Waals surface area contributed by atoms with Crippen molar-refractivity contribution in [3.05, 3.63) is 17.7 Å². The van der Waals surface area contributed by atoms with E-state index in [0.29, 0.717) is 29.8 Å². The lowest BCUT2D eigenvalue weighted by molar-refractivity contribution is -0.138. The summed E-state index contributed by atoms with van der Waals surface area (Å²) in [6, 6.07) is 4.04. The van der Waals surface area contributed by atoms with Gasteiger partial charge in [0.15, 0.2) is 11.5 Å². The molecular formula is C15H21NO5. The molecule has 1 aromatic rings. The molecule has 0 aliphatic heterocycles. The SMILES string of the molecule is COc1ccc(CN(CC(=O)O)C2CC2)c(OC)c1OC. The van der Waals surface area contributed by atoms with Gasteiger partial charge in [0.2, 0.25) is 5.75 Å². The van der Waals surface area contributed by atoms with Crippen LogP contribution in [0.25, 0.3) is 0 Å². The largest absolute Gasteiger partial charge is 0.493 e. The summed E-state index contributed by atoms with van der Waals surface area (Å²) in [7, 11) is 4.69. The van der Waals surface area contributed by atoms with Crippen molar-refractivity contribution in [2.24, 2.45) is 0 Å². The predicted octanol–water partition coefficient (Wildman–Crippen LogP) is 1.76. The molecule has 0 spiro atoms. The summed E-state index contributed by atoms with van der Waals surface area (Å²) < 4.78 is 16.0. The third kappa shape index (κ3) is 3.58. The number of methoxy groups -OCH3 is 3. The van der Waals surface area contributed by atoms with E-state index in [2.05, 4.69) is 0 Å². The van der Waals surface area contributed by atoms with Crippen molar-refractivity contribution in [2.45, 2.75) is 25.4 Å². The van der Waals surface area contributed by atoms with Crippen molar-refractivity contribution in [3.63, 3.8) is 0 Å². The first kappa shape index (κ1) is 15.4. The molecule has 0 bridgehead atoms. The monoisotopic (exact) mass is 295 g/mol. The summed E-state index contributed by atoms with van der Waals surface area (Å²) in [5, 5.41) is 9.03. The summed E-state index contributed by atoms with van der Waals surface area (Å²) in [5.41, 5.74) is 0.892. The van der Waals surface area contributed by atoms with E-state index < -0.39 is 5.97 Å². The number of benzene rings is 1. The van der Waals surface area contributed by atoms with Gasteiger partial charge < -0.3 is 19.3 Å². The van der Waals surface area contributed by atoms with Crippen LogP contribution >= 0.6 is 0 Å². The van der Waals surface area contributed by atoms with E-state index in [9.17, 15) is 4.79 Å². The number of hydrogen-bond donors (Lipinski definition) is 1. The predicted molar refractivity (Wildman–Crippen MR) is 77.2 cm³/mol. The molecule has 21 heavy (non-hydrogen) atoms. The Labute approximate surface area is 124 Å². The Kier molecular flexibility index (Phi) is 4.90. The number of carboxylic acid groups (broad SMARTS) is 1. The maximum atomic E-state index is 11.0. The highest BCUT2D eigenvalue weighted by molar-refractivity contribution is 5.69. The minimum atomic E-state index is -0.818. The number of carbonyl (C=O) groups is 1. The smallest absolute Gasteiger partial charge is 0.317 e. The maximum absolute atomic E-state index is 11.0. The number of carboxylic acids is 1. The van der Waals surface area contributed by atoms with Crippen LogP contribution in [0.15, 0.2) is 12.1 Å². The van der Waals surface area contributed by atoms with Crippen molar-refractivity contribution >= 4 is 5.97 Å². The number of hydrogen-bond acceptors (Lipinski definition) is 5. The van der Waals surface area contributed by atoms with Crippen LogP contribution in [0, 0.1) is 0 Å². The van der Waals surface area contributed by atoms with Crippen LogP contribution in [-0.4, -0.2) is 49.9 Å². The summed E-state index contributed by atoms with van der Waals surface area (Å²) in [4.78, 5) is 12.9. The van der Waals surface area contributed by atoms with Gasteiger partial charge in [-0.2, -0.15) is 0 Å². The molecule has 0 amide bonds. The molecule has 0 saturated heterocycles. The van der Waals surface area contributed by atoms with Crippen LogP contribution in [0.2, 0.25) is 0 Å². The first-order valence-corrected chi connectivity index (χ1v) is 6.84. The van der Waals surface area contributed by atoms with Crippen LogP contribution in [-0.2, 0) is 11.3 Å². The molecule has 1 aliphatic rings. The molecule has 0 radical (unpaired) electrons. The Balaban J connectivity index is 2.27. The number of nitrogens with zero attached hydrogens (tertiary/aromatic N) is 1. The number of aliphatic carboxylic acids is 1. The first-order valence-electron chi connectivity index (χ1n) is 6.84. The molecule has 1 aliphatic carbocycles. The maximum Gasteiger partial charge on any atom is 0.317 e. The summed E-state index contributed by atoms with van der Waals surface area (Å²) in [6.45, 7) is 0.544. The third-order valence-corrected chi connectivity index (χ3v) is 3.56. The zero-order valence-corrected chi connectivity index (χ0v) is 12.6. The zero-order chi connectivity index (χ0) is 15.4. The Morgan fingerprint density at radius 1 is 1.19 bits per heavy atom. The van der Waals surface area contributed by atoms with E-state index in [1.165, 1.54) is 0 Å². The molecule has 1 aromatic carbocycles. The van der Waals surface area contributed by atoms with Crippen LogP contribution in [0.4, 0.5) is 0 Å². The van der Waals surface area contributed by atoms with Crippen LogP contribution in [0.1, 0.15) is 18.4 Å². The van der Waals surface area contributed by atoms with Gasteiger partial charge in [0, 0.05) is 18.2 Å². The quantitative estimate of drug-likeness (QED) is 0.788. The van der Waals surface area contributed by atoms with Crippen molar-refractivity contribution in [2.75, 3.05) is 27.9 Å². The molecule has 2 rings (SSSR count). The molecule has 0 unspecified atom stereocenters. The lowest BCUT2D eigenvalue weighted by atomic mass is 10.1. The van der Waals surface area contributed by atoms with Crippen molar-refractivity contribution in [1.82, 2.24) is 4.90 Å². The second-order valence-electron chi connectivity index (χ2n) is 5.02. The first-order chi connectivity index (χ1) is 10.1. The number of rotatable bonds is 8. The summed E-state index contributed by atoms with van der Waals surface area (Å²) in [5.74, 6) is 0.895. The van der Waals surface area contributed by atoms with Crippen LogP contribution in [0.5, 0.6) is 17.2 Å². The van der Waals surface area contributed by atoms with Gasteiger partial charge in [0.25, 0.3) is 0 Å². The van der Waals surface area contributed by atoms with Crippen LogP contribution < -0.4 is 14.2 Å². The van der Waals surface area contributed by atoms with E-state index in [1.807, 2.05) is 17.0 Å². The van der Waals surface area contributed by atoms with E-state index in [0.717, 1.165) is 18.4 Å². The fourth-order valence-electron chi connectivity index (χ4n) is 2.43. The standard InChI is InChI=1S/C15H21NO5/c1-19-12-7-4-10(14(20-2)15(12)21-3)8-16(9-13(17)18)11-5-6-11/h4,7,11H,5-6,8-9H2,1-3H3,(H,17,18). The molecule has 6 nitrogen and oxygen atoms in total. The molecule has 1 N–H and O–H groups in total. The zero-order valence-electron chi connectivity index (χ0n) is 12.6. The molecule has 0 aromatic heterocycles. The van der Waals surface area contributed by atoms with E-state index in [-0.39, 0.29) is 6.54 Å². The third-order valence-electron chi connectivity index (χ3n) is 3.56. The average molecular weight is 295 g/mol. The minimum Gasteiger partial charge on any atom is -0.493 e. The Morgan fingerprint density at radius 2 is 1.86 bits per heavy atom. The molecule has 1 saturated carbocycles. The fraction of sp³-hybridized carbons (Fsp3) is 0.533. The number of ether oxygens (including phenoxy) is 3. The highest BCUT2D eigenvalue weighted by atomic mass is 16.5. The molecule has 1 fully saturated rings. The topological polar surface area (TPSA) is 68.2 Å². The second-order valence-corrected chi connectivity index (χ2v) is 5.02. The van der Waals surface area contributed by atoms with Crippen molar-refractivity contribution in [1.29, 1.82) is 0 Å². The molecule has 6 heteroatoms. The average Bonchev–Trinajstić information content (AvgIpc) is 3.29. The Bertz CT molecular complexity index is 513. The van der Waals surface area contributed by atoms with E-state index in [1.54, 1.807) is 21.3 Å². The highest BCUT2D eigenvalue weighted by Crippen LogP contribution is 2.41. The Morgan fingerprint density at radius 3 is 2.33 bits per heavy atom. The summed E-state index contributed by atoms with van der Waals surface area (Å²) in [6.07, 6.45) is 2.09. The Hall–Kier alpha value is -1.95. The van der Waals surface area contributed by atoms with Gasteiger partial charge in [-0.1, -0.05) is 6.07 Å². The lowest BCUT2D eigenvalue weighted by Crippen LogP contribution is -2.31.